The summed E-state index contributed by atoms with van der Waals surface area (Å²) in [5.41, 5.74) is 1.70. The predicted molar refractivity (Wildman–Crippen MR) is 70.3 cm³/mol. The Morgan fingerprint density at radius 1 is 1.17 bits per heavy atom. The first-order valence-corrected chi connectivity index (χ1v) is 6.11. The van der Waals surface area contributed by atoms with Crippen LogP contribution in [-0.2, 0) is 6.61 Å². The van der Waals surface area contributed by atoms with Gasteiger partial charge in [-0.05, 0) is 24.6 Å². The maximum Gasteiger partial charge on any atom is 0.130 e. The first-order chi connectivity index (χ1) is 8.81. The largest absolute Gasteiger partial charge is 0.487 e. The number of aromatic nitrogens is 1. The molecule has 0 saturated carbocycles. The van der Waals surface area contributed by atoms with Gasteiger partial charge in [-0.1, -0.05) is 31.2 Å². The lowest BCUT2D eigenvalue weighted by Gasteiger charge is -2.14. The molecule has 1 N–H and O–H groups in total. The molecule has 1 aromatic heterocycles. The average molecular weight is 243 g/mol. The summed E-state index contributed by atoms with van der Waals surface area (Å²) in [6.07, 6.45) is 1.93. The molecule has 0 fully saturated rings. The van der Waals surface area contributed by atoms with Gasteiger partial charge in [-0.15, -0.1) is 0 Å². The van der Waals surface area contributed by atoms with Crippen LogP contribution < -0.4 is 4.74 Å². The van der Waals surface area contributed by atoms with Crippen LogP contribution in [-0.4, -0.2) is 10.1 Å². The molecule has 2 rings (SSSR count). The first-order valence-electron chi connectivity index (χ1n) is 6.11. The molecule has 18 heavy (non-hydrogen) atoms. The highest BCUT2D eigenvalue weighted by molar-refractivity contribution is 5.35. The lowest BCUT2D eigenvalue weighted by molar-refractivity contribution is 0.166. The fourth-order valence-electron chi connectivity index (χ4n) is 1.74. The number of hydrogen-bond acceptors (Lipinski definition) is 3. The Bertz CT molecular complexity index is 485. The van der Waals surface area contributed by atoms with Gasteiger partial charge in [0.25, 0.3) is 0 Å². The van der Waals surface area contributed by atoms with E-state index in [1.54, 1.807) is 6.20 Å². The van der Waals surface area contributed by atoms with Gasteiger partial charge in [0.2, 0.25) is 0 Å². The van der Waals surface area contributed by atoms with E-state index in [-0.39, 0.29) is 0 Å². The van der Waals surface area contributed by atoms with Crippen LogP contribution in [0.15, 0.2) is 48.7 Å². The van der Waals surface area contributed by atoms with Gasteiger partial charge in [0, 0.05) is 11.8 Å². The molecule has 0 aliphatic carbocycles. The molecular weight excluding hydrogens is 226 g/mol. The minimum atomic E-state index is -0.482. The van der Waals surface area contributed by atoms with E-state index in [1.807, 2.05) is 49.4 Å². The summed E-state index contributed by atoms with van der Waals surface area (Å²) in [6, 6.07) is 13.3. The SMILES string of the molecule is CCC(O)c1ccccc1OCc1ccccn1. The molecule has 2 aromatic rings. The van der Waals surface area contributed by atoms with Crippen LogP contribution >= 0.6 is 0 Å². The third-order valence-electron chi connectivity index (χ3n) is 2.77. The molecule has 3 nitrogen and oxygen atoms in total. The fourth-order valence-corrected chi connectivity index (χ4v) is 1.74. The standard InChI is InChI=1S/C15H17NO2/c1-2-14(17)13-8-3-4-9-15(13)18-11-12-7-5-6-10-16-12/h3-10,14,17H,2,11H2,1H3. The molecule has 0 saturated heterocycles. The zero-order valence-electron chi connectivity index (χ0n) is 10.4. The zero-order chi connectivity index (χ0) is 12.8. The molecule has 1 heterocycles. The van der Waals surface area contributed by atoms with E-state index in [2.05, 4.69) is 4.98 Å². The second-order valence-electron chi connectivity index (χ2n) is 4.07. The Balaban J connectivity index is 2.10. The molecule has 1 aromatic carbocycles. The van der Waals surface area contributed by atoms with Crippen LogP contribution in [0.2, 0.25) is 0 Å². The summed E-state index contributed by atoms with van der Waals surface area (Å²) in [5.74, 6) is 0.720. The molecule has 1 atom stereocenters. The molecule has 3 heteroatoms. The van der Waals surface area contributed by atoms with E-state index in [9.17, 15) is 5.11 Å². The Kier molecular flexibility index (Phi) is 4.31. The summed E-state index contributed by atoms with van der Waals surface area (Å²) < 4.78 is 5.72. The highest BCUT2D eigenvalue weighted by Crippen LogP contribution is 2.27. The normalized spacial score (nSPS) is 12.1. The smallest absolute Gasteiger partial charge is 0.130 e. The number of aliphatic hydroxyl groups is 1. The quantitative estimate of drug-likeness (QED) is 0.877. The Labute approximate surface area is 107 Å². The van der Waals surface area contributed by atoms with Gasteiger partial charge in [0.1, 0.15) is 12.4 Å². The molecule has 0 aliphatic rings. The Morgan fingerprint density at radius 2 is 1.94 bits per heavy atom. The number of pyridine rings is 1. The van der Waals surface area contributed by atoms with Crippen LogP contribution in [0.3, 0.4) is 0 Å². The van der Waals surface area contributed by atoms with Crippen molar-refractivity contribution in [3.8, 4) is 5.75 Å². The lowest BCUT2D eigenvalue weighted by atomic mass is 10.1. The molecular formula is C15H17NO2. The van der Waals surface area contributed by atoms with Gasteiger partial charge in [-0.25, -0.2) is 0 Å². The van der Waals surface area contributed by atoms with Crippen molar-refractivity contribution in [1.82, 2.24) is 4.98 Å². The second-order valence-corrected chi connectivity index (χ2v) is 4.07. The van der Waals surface area contributed by atoms with Gasteiger partial charge >= 0.3 is 0 Å². The number of para-hydroxylation sites is 1. The van der Waals surface area contributed by atoms with Crippen LogP contribution in [0.5, 0.6) is 5.75 Å². The van der Waals surface area contributed by atoms with Gasteiger partial charge < -0.3 is 9.84 Å². The van der Waals surface area contributed by atoms with E-state index in [1.165, 1.54) is 0 Å². The number of ether oxygens (including phenoxy) is 1. The third-order valence-corrected chi connectivity index (χ3v) is 2.77. The number of hydrogen-bond donors (Lipinski definition) is 1. The van der Waals surface area contributed by atoms with Crippen molar-refractivity contribution >= 4 is 0 Å². The minimum absolute atomic E-state index is 0.411. The average Bonchev–Trinajstić information content (AvgIpc) is 2.45. The van der Waals surface area contributed by atoms with E-state index >= 15 is 0 Å². The summed E-state index contributed by atoms with van der Waals surface area (Å²) in [5, 5.41) is 9.91. The Morgan fingerprint density at radius 3 is 2.67 bits per heavy atom. The van der Waals surface area contributed by atoms with Crippen LogP contribution in [0.4, 0.5) is 0 Å². The molecule has 0 aliphatic heterocycles. The van der Waals surface area contributed by atoms with Crippen LogP contribution in [0, 0.1) is 0 Å². The first kappa shape index (κ1) is 12.6. The maximum atomic E-state index is 9.91. The van der Waals surface area contributed by atoms with Crippen LogP contribution in [0.25, 0.3) is 0 Å². The number of nitrogens with zero attached hydrogens (tertiary/aromatic N) is 1. The van der Waals surface area contributed by atoms with Gasteiger partial charge in [-0.3, -0.25) is 4.98 Å². The van der Waals surface area contributed by atoms with E-state index < -0.39 is 6.10 Å². The van der Waals surface area contributed by atoms with Crippen molar-refractivity contribution in [3.63, 3.8) is 0 Å². The highest BCUT2D eigenvalue weighted by atomic mass is 16.5. The Hall–Kier alpha value is -1.87. The highest BCUT2D eigenvalue weighted by Gasteiger charge is 2.10. The second kappa shape index (κ2) is 6.17. The van der Waals surface area contributed by atoms with Crippen molar-refractivity contribution < 1.29 is 9.84 Å². The molecule has 1 unspecified atom stereocenters. The summed E-state index contributed by atoms with van der Waals surface area (Å²) in [7, 11) is 0. The van der Waals surface area contributed by atoms with Crippen molar-refractivity contribution in [2.24, 2.45) is 0 Å². The van der Waals surface area contributed by atoms with Gasteiger partial charge in [0.05, 0.1) is 11.8 Å². The predicted octanol–water partition coefficient (Wildman–Crippen LogP) is 3.10. The van der Waals surface area contributed by atoms with Crippen molar-refractivity contribution in [1.29, 1.82) is 0 Å². The molecule has 0 bridgehead atoms. The topological polar surface area (TPSA) is 42.4 Å². The third kappa shape index (κ3) is 3.08. The summed E-state index contributed by atoms with van der Waals surface area (Å²) in [6.45, 7) is 2.36. The van der Waals surface area contributed by atoms with E-state index in [0.29, 0.717) is 13.0 Å². The zero-order valence-corrected chi connectivity index (χ0v) is 10.4. The minimum Gasteiger partial charge on any atom is -0.487 e. The monoisotopic (exact) mass is 243 g/mol. The van der Waals surface area contributed by atoms with Crippen LogP contribution in [0.1, 0.15) is 30.7 Å². The van der Waals surface area contributed by atoms with Crippen molar-refractivity contribution in [2.45, 2.75) is 26.1 Å². The van der Waals surface area contributed by atoms with Crippen molar-refractivity contribution in [3.05, 3.63) is 59.9 Å². The fraction of sp³-hybridized carbons (Fsp3) is 0.267. The summed E-state index contributed by atoms with van der Waals surface area (Å²) in [4.78, 5) is 4.20. The summed E-state index contributed by atoms with van der Waals surface area (Å²) >= 11 is 0. The van der Waals surface area contributed by atoms with E-state index in [4.69, 9.17) is 4.74 Å². The van der Waals surface area contributed by atoms with E-state index in [0.717, 1.165) is 17.0 Å². The molecule has 0 spiro atoms. The molecule has 94 valence electrons. The van der Waals surface area contributed by atoms with Gasteiger partial charge in [0.15, 0.2) is 0 Å². The molecule has 0 radical (unpaired) electrons. The number of rotatable bonds is 5. The number of benzene rings is 1. The van der Waals surface area contributed by atoms with Crippen molar-refractivity contribution in [2.75, 3.05) is 0 Å². The maximum absolute atomic E-state index is 9.91. The molecule has 0 amide bonds. The number of aliphatic hydroxyl groups excluding tert-OH is 1. The lowest BCUT2D eigenvalue weighted by Crippen LogP contribution is -2.03. The van der Waals surface area contributed by atoms with Gasteiger partial charge in [-0.2, -0.15) is 0 Å².